The molecule has 0 unspecified atom stereocenters. The van der Waals surface area contributed by atoms with Gasteiger partial charge in [-0.15, -0.1) is 0 Å². The molecule has 0 aliphatic carbocycles. The predicted octanol–water partition coefficient (Wildman–Crippen LogP) is 1.26. The number of aliphatic hydroxyl groups excluding tert-OH is 1. The Labute approximate surface area is 166 Å². The lowest BCUT2D eigenvalue weighted by Crippen LogP contribution is -2.49. The maximum atomic E-state index is 12.6. The van der Waals surface area contributed by atoms with Crippen LogP contribution in [0.1, 0.15) is 31.2 Å². The summed E-state index contributed by atoms with van der Waals surface area (Å²) in [5, 5.41) is 12.7. The van der Waals surface area contributed by atoms with Crippen molar-refractivity contribution >= 4 is 17.9 Å². The predicted molar refractivity (Wildman–Crippen MR) is 107 cm³/mol. The average Bonchev–Trinajstić information content (AvgIpc) is 3.26. The largest absolute Gasteiger partial charge is 0.392 e. The molecule has 1 aromatic carbocycles. The first-order valence-electron chi connectivity index (χ1n) is 10.2. The second-order valence-electron chi connectivity index (χ2n) is 8.44. The summed E-state index contributed by atoms with van der Waals surface area (Å²) in [4.78, 5) is 29.0. The van der Waals surface area contributed by atoms with E-state index in [4.69, 9.17) is 0 Å². The number of rotatable bonds is 4. The van der Waals surface area contributed by atoms with Crippen LogP contribution in [0.2, 0.25) is 0 Å². The number of carbonyl (C=O) groups excluding carboxylic acids is 2. The molecule has 3 fully saturated rings. The van der Waals surface area contributed by atoms with Crippen LogP contribution in [-0.4, -0.2) is 71.6 Å². The summed E-state index contributed by atoms with van der Waals surface area (Å²) in [5.41, 5.74) is 1.15. The molecule has 0 bridgehead atoms. The van der Waals surface area contributed by atoms with E-state index in [0.717, 1.165) is 24.9 Å². The van der Waals surface area contributed by atoms with Gasteiger partial charge in [-0.1, -0.05) is 42.5 Å². The topological polar surface area (TPSA) is 72.9 Å². The zero-order valence-corrected chi connectivity index (χ0v) is 16.2. The molecule has 4 rings (SSSR count). The lowest BCUT2D eigenvalue weighted by atomic mass is 9.77. The maximum absolute atomic E-state index is 12.6. The third kappa shape index (κ3) is 4.13. The average molecular weight is 383 g/mol. The quantitative estimate of drug-likeness (QED) is 0.821. The highest BCUT2D eigenvalue weighted by molar-refractivity contribution is 5.83. The van der Waals surface area contributed by atoms with Crippen molar-refractivity contribution in [1.82, 2.24) is 15.1 Å². The van der Waals surface area contributed by atoms with Crippen LogP contribution in [0.15, 0.2) is 36.4 Å². The number of hydrogen-bond donors (Lipinski definition) is 2. The van der Waals surface area contributed by atoms with E-state index in [0.29, 0.717) is 39.0 Å². The maximum Gasteiger partial charge on any atom is 0.239 e. The van der Waals surface area contributed by atoms with E-state index < -0.39 is 6.10 Å². The van der Waals surface area contributed by atoms with Gasteiger partial charge >= 0.3 is 0 Å². The van der Waals surface area contributed by atoms with E-state index in [-0.39, 0.29) is 23.3 Å². The molecule has 2 atom stereocenters. The molecule has 2 amide bonds. The van der Waals surface area contributed by atoms with Crippen LogP contribution in [0, 0.1) is 5.41 Å². The van der Waals surface area contributed by atoms with E-state index in [1.807, 2.05) is 28.0 Å². The number of piperidine rings is 1. The molecule has 0 aromatic heterocycles. The number of aliphatic hydroxyl groups is 1. The van der Waals surface area contributed by atoms with Crippen molar-refractivity contribution in [3.05, 3.63) is 42.0 Å². The van der Waals surface area contributed by atoms with Crippen LogP contribution in [-0.2, 0) is 9.59 Å². The third-order valence-electron chi connectivity index (χ3n) is 6.38. The van der Waals surface area contributed by atoms with Gasteiger partial charge in [0.1, 0.15) is 0 Å². The second kappa shape index (κ2) is 8.05. The van der Waals surface area contributed by atoms with Gasteiger partial charge in [0.25, 0.3) is 0 Å². The molecule has 2 N–H and O–H groups in total. The highest BCUT2D eigenvalue weighted by atomic mass is 16.3. The molecule has 3 aliphatic rings. The smallest absolute Gasteiger partial charge is 0.239 e. The fourth-order valence-electron chi connectivity index (χ4n) is 4.69. The van der Waals surface area contributed by atoms with Gasteiger partial charge in [-0.2, -0.15) is 0 Å². The van der Waals surface area contributed by atoms with Gasteiger partial charge in [0, 0.05) is 44.6 Å². The first-order valence-corrected chi connectivity index (χ1v) is 10.2. The highest BCUT2D eigenvalue weighted by Gasteiger charge is 2.45. The monoisotopic (exact) mass is 383 g/mol. The molecule has 3 saturated heterocycles. The van der Waals surface area contributed by atoms with Crippen molar-refractivity contribution in [2.45, 2.75) is 37.8 Å². The molecule has 3 heterocycles. The SMILES string of the molecule is O=C1CC2(CCN(C(=O)[C@H]3C[C@H](O)CN3)CC2)CN1C/C=C/c1ccccc1. The van der Waals surface area contributed by atoms with Gasteiger partial charge in [-0.25, -0.2) is 0 Å². The van der Waals surface area contributed by atoms with E-state index in [1.54, 1.807) is 0 Å². The molecular formula is C22H29N3O3. The Hall–Kier alpha value is -2.18. The van der Waals surface area contributed by atoms with Crippen molar-refractivity contribution in [3.8, 4) is 0 Å². The van der Waals surface area contributed by atoms with Gasteiger partial charge in [0.2, 0.25) is 11.8 Å². The summed E-state index contributed by atoms with van der Waals surface area (Å²) < 4.78 is 0. The molecule has 0 radical (unpaired) electrons. The van der Waals surface area contributed by atoms with Crippen molar-refractivity contribution in [2.75, 3.05) is 32.7 Å². The summed E-state index contributed by atoms with van der Waals surface area (Å²) in [5.74, 6) is 0.316. The standard InChI is InChI=1S/C22H29N3O3/c26-18-13-19(23-15-18)21(28)24-11-8-22(9-12-24)14-20(27)25(16-22)10-4-7-17-5-2-1-3-6-17/h1-7,18-19,23,26H,8-16H2/b7-4+/t18-,19+/m0/s1. The third-order valence-corrected chi connectivity index (χ3v) is 6.38. The van der Waals surface area contributed by atoms with Gasteiger partial charge in [-0.3, -0.25) is 9.59 Å². The number of carbonyl (C=O) groups is 2. The minimum absolute atomic E-state index is 0.0110. The number of nitrogens with zero attached hydrogens (tertiary/aromatic N) is 2. The summed E-state index contributed by atoms with van der Waals surface area (Å²) in [6.07, 6.45) is 6.53. The van der Waals surface area contributed by atoms with Crippen LogP contribution in [0.25, 0.3) is 6.08 Å². The minimum atomic E-state index is -0.421. The lowest BCUT2D eigenvalue weighted by Gasteiger charge is -2.39. The second-order valence-corrected chi connectivity index (χ2v) is 8.44. The Morgan fingerprint density at radius 1 is 1.25 bits per heavy atom. The normalized spacial score (nSPS) is 27.2. The lowest BCUT2D eigenvalue weighted by molar-refractivity contribution is -0.135. The molecular weight excluding hydrogens is 354 g/mol. The van der Waals surface area contributed by atoms with Crippen LogP contribution in [0.3, 0.4) is 0 Å². The number of benzene rings is 1. The van der Waals surface area contributed by atoms with E-state index in [2.05, 4.69) is 29.6 Å². The van der Waals surface area contributed by atoms with Gasteiger partial charge in [0.05, 0.1) is 12.1 Å². The summed E-state index contributed by atoms with van der Waals surface area (Å²) in [6, 6.07) is 9.85. The molecule has 150 valence electrons. The van der Waals surface area contributed by atoms with Crippen LogP contribution in [0.5, 0.6) is 0 Å². The highest BCUT2D eigenvalue weighted by Crippen LogP contribution is 2.41. The van der Waals surface area contributed by atoms with Gasteiger partial charge in [0.15, 0.2) is 0 Å². The Morgan fingerprint density at radius 3 is 2.68 bits per heavy atom. The molecule has 28 heavy (non-hydrogen) atoms. The van der Waals surface area contributed by atoms with Gasteiger partial charge in [-0.05, 0) is 24.8 Å². The van der Waals surface area contributed by atoms with Crippen molar-refractivity contribution < 1.29 is 14.7 Å². The van der Waals surface area contributed by atoms with E-state index in [1.165, 1.54) is 0 Å². The van der Waals surface area contributed by atoms with Crippen LogP contribution in [0.4, 0.5) is 0 Å². The van der Waals surface area contributed by atoms with Crippen molar-refractivity contribution in [1.29, 1.82) is 0 Å². The van der Waals surface area contributed by atoms with Crippen LogP contribution >= 0.6 is 0 Å². The fourth-order valence-corrected chi connectivity index (χ4v) is 4.69. The first-order chi connectivity index (χ1) is 13.5. The van der Waals surface area contributed by atoms with Crippen LogP contribution < -0.4 is 5.32 Å². The molecule has 1 spiro atoms. The Balaban J connectivity index is 1.29. The molecule has 3 aliphatic heterocycles. The van der Waals surface area contributed by atoms with E-state index >= 15 is 0 Å². The number of likely N-dealkylation sites (tertiary alicyclic amines) is 2. The number of β-amino-alcohol motifs (C(OH)–C–C–N with tert-alkyl or cyclic N) is 1. The molecule has 1 aromatic rings. The van der Waals surface area contributed by atoms with Crippen molar-refractivity contribution in [2.24, 2.45) is 5.41 Å². The zero-order chi connectivity index (χ0) is 19.6. The Kier molecular flexibility index (Phi) is 5.51. The zero-order valence-electron chi connectivity index (χ0n) is 16.2. The first kappa shape index (κ1) is 19.2. The summed E-state index contributed by atoms with van der Waals surface area (Å²) in [6.45, 7) is 3.33. The van der Waals surface area contributed by atoms with Crippen molar-refractivity contribution in [3.63, 3.8) is 0 Å². The summed E-state index contributed by atoms with van der Waals surface area (Å²) in [7, 11) is 0. The minimum Gasteiger partial charge on any atom is -0.392 e. The number of nitrogens with one attached hydrogen (secondary N) is 1. The molecule has 6 nitrogen and oxygen atoms in total. The van der Waals surface area contributed by atoms with Gasteiger partial charge < -0.3 is 20.2 Å². The Bertz CT molecular complexity index is 741. The fraction of sp³-hybridized carbons (Fsp3) is 0.545. The molecule has 0 saturated carbocycles. The van der Waals surface area contributed by atoms with E-state index in [9.17, 15) is 14.7 Å². The number of amides is 2. The number of hydrogen-bond acceptors (Lipinski definition) is 4. The summed E-state index contributed by atoms with van der Waals surface area (Å²) >= 11 is 0. The molecule has 6 heteroatoms. The Morgan fingerprint density at radius 2 is 2.00 bits per heavy atom.